The average Bonchev–Trinajstić information content (AvgIpc) is 2.29. The molecule has 0 aromatic carbocycles. The molecule has 1 aliphatic rings. The largest absolute Gasteiger partial charge is 0.392 e. The van der Waals surface area contributed by atoms with Crippen LogP contribution in [-0.4, -0.2) is 61.4 Å². The van der Waals surface area contributed by atoms with Crippen LogP contribution in [0.5, 0.6) is 0 Å². The van der Waals surface area contributed by atoms with Crippen molar-refractivity contribution in [2.24, 2.45) is 5.73 Å². The Morgan fingerprint density at radius 3 is 2.42 bits per heavy atom. The van der Waals surface area contributed by atoms with Gasteiger partial charge < -0.3 is 5.73 Å². The van der Waals surface area contributed by atoms with Crippen molar-refractivity contribution in [1.29, 1.82) is 0 Å². The summed E-state index contributed by atoms with van der Waals surface area (Å²) in [4.78, 5) is 2.64. The van der Waals surface area contributed by atoms with Gasteiger partial charge in [-0.3, -0.25) is 4.90 Å². The first-order chi connectivity index (χ1) is 8.72. The van der Waals surface area contributed by atoms with Crippen LogP contribution in [0.4, 0.5) is 0 Å². The first-order valence-electron chi connectivity index (χ1n) is 6.48. The van der Waals surface area contributed by atoms with Crippen LogP contribution in [0.3, 0.4) is 0 Å². The van der Waals surface area contributed by atoms with Crippen molar-refractivity contribution in [3.05, 3.63) is 0 Å². The van der Waals surface area contributed by atoms with Gasteiger partial charge in [-0.2, -0.15) is 17.4 Å². The SMILES string of the molecule is CC(C)N(C)S(=O)(=O)NC1CCN(CC(N)=S)CC1. The van der Waals surface area contributed by atoms with Gasteiger partial charge in [0.05, 0.1) is 4.99 Å². The van der Waals surface area contributed by atoms with E-state index in [1.165, 1.54) is 4.31 Å². The number of nitrogens with two attached hydrogens (primary N) is 1. The highest BCUT2D eigenvalue weighted by molar-refractivity contribution is 7.87. The third-order valence-electron chi connectivity index (χ3n) is 3.39. The Labute approximate surface area is 121 Å². The molecule has 0 bridgehead atoms. The number of likely N-dealkylation sites (tertiary alicyclic amines) is 1. The molecule has 1 rings (SSSR count). The molecule has 112 valence electrons. The number of nitrogens with zero attached hydrogens (tertiary/aromatic N) is 2. The molecule has 0 unspecified atom stereocenters. The maximum absolute atomic E-state index is 12.1. The van der Waals surface area contributed by atoms with Crippen molar-refractivity contribution < 1.29 is 8.42 Å². The Bertz CT molecular complexity index is 403. The summed E-state index contributed by atoms with van der Waals surface area (Å²) in [6.07, 6.45) is 1.57. The molecule has 1 heterocycles. The molecule has 19 heavy (non-hydrogen) atoms. The van der Waals surface area contributed by atoms with Crippen LogP contribution in [0, 0.1) is 0 Å². The molecule has 0 amide bonds. The lowest BCUT2D eigenvalue weighted by Gasteiger charge is -2.33. The Hall–Kier alpha value is -0.280. The fourth-order valence-corrected chi connectivity index (χ4v) is 3.56. The highest BCUT2D eigenvalue weighted by Crippen LogP contribution is 2.12. The van der Waals surface area contributed by atoms with Crippen LogP contribution < -0.4 is 10.5 Å². The van der Waals surface area contributed by atoms with Gasteiger partial charge in [-0.1, -0.05) is 12.2 Å². The number of hydrogen-bond donors (Lipinski definition) is 2. The predicted molar refractivity (Wildman–Crippen MR) is 81.2 cm³/mol. The van der Waals surface area contributed by atoms with E-state index in [0.717, 1.165) is 25.9 Å². The molecule has 0 spiro atoms. The van der Waals surface area contributed by atoms with Crippen molar-refractivity contribution in [1.82, 2.24) is 13.9 Å². The van der Waals surface area contributed by atoms with Crippen molar-refractivity contribution in [2.45, 2.75) is 38.8 Å². The summed E-state index contributed by atoms with van der Waals surface area (Å²) in [6, 6.07) is -0.0546. The summed E-state index contributed by atoms with van der Waals surface area (Å²) >= 11 is 4.87. The summed E-state index contributed by atoms with van der Waals surface area (Å²) < 4.78 is 28.2. The molecule has 1 fully saturated rings. The van der Waals surface area contributed by atoms with Crippen molar-refractivity contribution in [3.63, 3.8) is 0 Å². The number of piperidine rings is 1. The average molecular weight is 308 g/mol. The first-order valence-corrected chi connectivity index (χ1v) is 8.33. The predicted octanol–water partition coefficient (Wildman–Crippen LogP) is -0.0885. The molecule has 8 heteroatoms. The minimum Gasteiger partial charge on any atom is -0.392 e. The Balaban J connectivity index is 2.47. The van der Waals surface area contributed by atoms with E-state index < -0.39 is 10.2 Å². The van der Waals surface area contributed by atoms with Gasteiger partial charge in [0.15, 0.2) is 0 Å². The molecule has 0 atom stereocenters. The zero-order valence-electron chi connectivity index (χ0n) is 11.8. The Morgan fingerprint density at radius 2 is 2.00 bits per heavy atom. The van der Waals surface area contributed by atoms with E-state index in [1.807, 2.05) is 13.8 Å². The van der Waals surface area contributed by atoms with E-state index in [0.29, 0.717) is 11.5 Å². The minimum atomic E-state index is -3.39. The highest BCUT2D eigenvalue weighted by atomic mass is 32.2. The van der Waals surface area contributed by atoms with Crippen molar-refractivity contribution in [3.8, 4) is 0 Å². The minimum absolute atomic E-state index is 0.00574. The van der Waals surface area contributed by atoms with E-state index in [4.69, 9.17) is 18.0 Å². The fraction of sp³-hybridized carbons (Fsp3) is 0.909. The zero-order chi connectivity index (χ0) is 14.6. The maximum atomic E-state index is 12.1. The second-order valence-electron chi connectivity index (χ2n) is 5.25. The van der Waals surface area contributed by atoms with E-state index in [1.54, 1.807) is 7.05 Å². The van der Waals surface area contributed by atoms with E-state index in [9.17, 15) is 8.42 Å². The lowest BCUT2D eigenvalue weighted by molar-refractivity contribution is 0.230. The number of hydrogen-bond acceptors (Lipinski definition) is 4. The highest BCUT2D eigenvalue weighted by Gasteiger charge is 2.27. The molecular weight excluding hydrogens is 284 g/mol. The van der Waals surface area contributed by atoms with Crippen LogP contribution >= 0.6 is 12.2 Å². The molecule has 1 saturated heterocycles. The molecule has 0 saturated carbocycles. The second kappa shape index (κ2) is 6.94. The van der Waals surface area contributed by atoms with Gasteiger partial charge in [-0.15, -0.1) is 0 Å². The number of thiocarbonyl (C=S) groups is 1. The van der Waals surface area contributed by atoms with Crippen LogP contribution in [0.15, 0.2) is 0 Å². The van der Waals surface area contributed by atoms with Crippen LogP contribution in [-0.2, 0) is 10.2 Å². The first kappa shape index (κ1) is 16.8. The topological polar surface area (TPSA) is 78.7 Å². The van der Waals surface area contributed by atoms with Gasteiger partial charge >= 0.3 is 0 Å². The molecule has 6 nitrogen and oxygen atoms in total. The molecule has 0 aliphatic carbocycles. The van der Waals surface area contributed by atoms with Gasteiger partial charge in [-0.25, -0.2) is 0 Å². The third-order valence-corrected chi connectivity index (χ3v) is 5.33. The summed E-state index contributed by atoms with van der Waals surface area (Å²) in [5, 5.41) is 0. The standard InChI is InChI=1S/C11H24N4O2S2/c1-9(2)14(3)19(16,17)13-10-4-6-15(7-5-10)8-11(12)18/h9-10,13H,4-8H2,1-3H3,(H2,12,18). The quantitative estimate of drug-likeness (QED) is 0.671. The Morgan fingerprint density at radius 1 is 1.47 bits per heavy atom. The molecule has 1 aliphatic heterocycles. The van der Waals surface area contributed by atoms with Gasteiger partial charge in [-0.05, 0) is 26.7 Å². The fourth-order valence-electron chi connectivity index (χ4n) is 2.00. The van der Waals surface area contributed by atoms with E-state index >= 15 is 0 Å². The van der Waals surface area contributed by atoms with Crippen LogP contribution in [0.1, 0.15) is 26.7 Å². The van der Waals surface area contributed by atoms with Crippen LogP contribution in [0.25, 0.3) is 0 Å². The van der Waals surface area contributed by atoms with Crippen molar-refractivity contribution in [2.75, 3.05) is 26.7 Å². The van der Waals surface area contributed by atoms with Gasteiger partial charge in [0.2, 0.25) is 0 Å². The lowest BCUT2D eigenvalue weighted by Crippen LogP contribution is -2.50. The lowest BCUT2D eigenvalue weighted by atomic mass is 10.1. The summed E-state index contributed by atoms with van der Waals surface area (Å²) in [5.74, 6) is 0. The Kier molecular flexibility index (Phi) is 6.13. The molecule has 3 N–H and O–H groups in total. The molecule has 0 radical (unpaired) electrons. The number of nitrogens with one attached hydrogen (secondary N) is 1. The summed E-state index contributed by atoms with van der Waals surface area (Å²) in [5.41, 5.74) is 5.50. The van der Waals surface area contributed by atoms with Crippen LogP contribution in [0.2, 0.25) is 0 Å². The van der Waals surface area contributed by atoms with Gasteiger partial charge in [0.25, 0.3) is 10.2 Å². The monoisotopic (exact) mass is 308 g/mol. The summed E-state index contributed by atoms with van der Waals surface area (Å²) in [7, 11) is -1.79. The smallest absolute Gasteiger partial charge is 0.279 e. The number of rotatable bonds is 6. The second-order valence-corrected chi connectivity index (χ2v) is 7.54. The maximum Gasteiger partial charge on any atom is 0.279 e. The molecular formula is C11H24N4O2S2. The van der Waals surface area contributed by atoms with E-state index in [-0.39, 0.29) is 12.1 Å². The van der Waals surface area contributed by atoms with Gasteiger partial charge in [0, 0.05) is 38.8 Å². The zero-order valence-corrected chi connectivity index (χ0v) is 13.4. The summed E-state index contributed by atoms with van der Waals surface area (Å²) in [6.45, 7) is 5.95. The molecule has 0 aromatic heterocycles. The van der Waals surface area contributed by atoms with E-state index in [2.05, 4.69) is 9.62 Å². The van der Waals surface area contributed by atoms with Crippen molar-refractivity contribution >= 4 is 27.4 Å². The normalized spacial score (nSPS) is 19.2. The third kappa shape index (κ3) is 5.31. The molecule has 0 aromatic rings. The van der Waals surface area contributed by atoms with Gasteiger partial charge in [0.1, 0.15) is 0 Å².